The lowest BCUT2D eigenvalue weighted by molar-refractivity contribution is 0.316. The first-order valence-corrected chi connectivity index (χ1v) is 4.01. The molecule has 0 saturated heterocycles. The van der Waals surface area contributed by atoms with E-state index in [-0.39, 0.29) is 4.75 Å². The van der Waals surface area contributed by atoms with Crippen molar-refractivity contribution in [3.63, 3.8) is 0 Å². The summed E-state index contributed by atoms with van der Waals surface area (Å²) in [5, 5.41) is 11.5. The van der Waals surface area contributed by atoms with E-state index >= 15 is 0 Å². The van der Waals surface area contributed by atoms with Gasteiger partial charge in [0.15, 0.2) is 0 Å². The highest BCUT2D eigenvalue weighted by Crippen LogP contribution is 2.22. The summed E-state index contributed by atoms with van der Waals surface area (Å²) in [5.41, 5.74) is 0.759. The van der Waals surface area contributed by atoms with Crippen molar-refractivity contribution in [2.24, 2.45) is 5.16 Å². The Kier molecular flexibility index (Phi) is 3.04. The standard InChI is InChI=1S/C6H13NOS/c1-5(7-8)6(2,3)9-4/h8H,1-4H3. The third-order valence-corrected chi connectivity index (χ3v) is 2.85. The van der Waals surface area contributed by atoms with Crippen molar-refractivity contribution >= 4 is 17.5 Å². The highest BCUT2D eigenvalue weighted by atomic mass is 32.2. The predicted molar refractivity (Wildman–Crippen MR) is 42.5 cm³/mol. The molecule has 0 radical (unpaired) electrons. The second-order valence-electron chi connectivity index (χ2n) is 2.40. The molecule has 54 valence electrons. The Morgan fingerprint density at radius 2 is 2.00 bits per heavy atom. The summed E-state index contributed by atoms with van der Waals surface area (Å²) in [6.07, 6.45) is 1.99. The molecule has 1 N–H and O–H groups in total. The molecule has 0 heterocycles. The van der Waals surface area contributed by atoms with Crippen LogP contribution in [0.5, 0.6) is 0 Å². The minimum atomic E-state index is -0.0330. The third kappa shape index (κ3) is 2.26. The summed E-state index contributed by atoms with van der Waals surface area (Å²) < 4.78 is -0.0330. The van der Waals surface area contributed by atoms with Gasteiger partial charge in [-0.05, 0) is 27.0 Å². The average molecular weight is 147 g/mol. The van der Waals surface area contributed by atoms with Crippen molar-refractivity contribution < 1.29 is 5.21 Å². The van der Waals surface area contributed by atoms with Crippen LogP contribution in [-0.4, -0.2) is 21.9 Å². The van der Waals surface area contributed by atoms with Crippen molar-refractivity contribution in [1.82, 2.24) is 0 Å². The van der Waals surface area contributed by atoms with Gasteiger partial charge in [-0.3, -0.25) is 0 Å². The van der Waals surface area contributed by atoms with Crippen molar-refractivity contribution in [3.05, 3.63) is 0 Å². The molecule has 0 unspecified atom stereocenters. The maximum absolute atomic E-state index is 8.38. The van der Waals surface area contributed by atoms with Crippen LogP contribution in [0.2, 0.25) is 0 Å². The first kappa shape index (κ1) is 8.82. The summed E-state index contributed by atoms with van der Waals surface area (Å²) in [4.78, 5) is 0. The molecular formula is C6H13NOS. The number of rotatable bonds is 2. The van der Waals surface area contributed by atoms with Gasteiger partial charge in [0, 0.05) is 0 Å². The third-order valence-electron chi connectivity index (χ3n) is 1.53. The fraction of sp³-hybridized carbons (Fsp3) is 0.833. The number of hydrogen-bond acceptors (Lipinski definition) is 3. The minimum absolute atomic E-state index is 0.0330. The predicted octanol–water partition coefficient (Wildman–Crippen LogP) is 1.98. The number of hydrogen-bond donors (Lipinski definition) is 1. The summed E-state index contributed by atoms with van der Waals surface area (Å²) in [6.45, 7) is 5.86. The van der Waals surface area contributed by atoms with E-state index in [0.717, 1.165) is 5.71 Å². The van der Waals surface area contributed by atoms with E-state index in [1.54, 1.807) is 11.8 Å². The molecule has 0 aromatic heterocycles. The molecule has 0 aliphatic heterocycles. The SMILES string of the molecule is CSC(C)(C)C(C)=NO. The molecule has 0 atom stereocenters. The molecule has 9 heavy (non-hydrogen) atoms. The summed E-state index contributed by atoms with van der Waals surface area (Å²) in [6, 6.07) is 0. The zero-order valence-electron chi connectivity index (χ0n) is 6.30. The van der Waals surface area contributed by atoms with Crippen molar-refractivity contribution in [1.29, 1.82) is 0 Å². The van der Waals surface area contributed by atoms with Gasteiger partial charge in [0.05, 0.1) is 10.5 Å². The van der Waals surface area contributed by atoms with Gasteiger partial charge in [-0.15, -0.1) is 0 Å². The Bertz CT molecular complexity index is 120. The molecule has 0 amide bonds. The quantitative estimate of drug-likeness (QED) is 0.368. The molecule has 0 aliphatic rings. The van der Waals surface area contributed by atoms with E-state index in [1.807, 2.05) is 27.0 Å². The lowest BCUT2D eigenvalue weighted by Crippen LogP contribution is -2.24. The molecule has 0 aromatic carbocycles. The van der Waals surface area contributed by atoms with E-state index in [0.29, 0.717) is 0 Å². The van der Waals surface area contributed by atoms with Gasteiger partial charge in [0.2, 0.25) is 0 Å². The van der Waals surface area contributed by atoms with E-state index in [1.165, 1.54) is 0 Å². The Morgan fingerprint density at radius 3 is 2.11 bits per heavy atom. The fourth-order valence-electron chi connectivity index (χ4n) is 0.268. The Hall–Kier alpha value is -0.180. The van der Waals surface area contributed by atoms with Crippen LogP contribution in [0.15, 0.2) is 5.16 Å². The van der Waals surface area contributed by atoms with Crippen molar-refractivity contribution in [2.75, 3.05) is 6.26 Å². The molecule has 0 aromatic rings. The van der Waals surface area contributed by atoms with Crippen molar-refractivity contribution in [3.8, 4) is 0 Å². The zero-order valence-corrected chi connectivity index (χ0v) is 7.12. The van der Waals surface area contributed by atoms with E-state index in [2.05, 4.69) is 5.16 Å². The van der Waals surface area contributed by atoms with Crippen LogP contribution in [0.4, 0.5) is 0 Å². The molecule has 0 bridgehead atoms. The molecule has 0 aliphatic carbocycles. The van der Waals surface area contributed by atoms with Gasteiger partial charge in [0.25, 0.3) is 0 Å². The Morgan fingerprint density at radius 1 is 1.56 bits per heavy atom. The highest BCUT2D eigenvalue weighted by molar-refractivity contribution is 8.00. The fourth-order valence-corrected chi connectivity index (χ4v) is 0.604. The van der Waals surface area contributed by atoms with Gasteiger partial charge >= 0.3 is 0 Å². The molecule has 0 saturated carbocycles. The molecule has 0 fully saturated rings. The summed E-state index contributed by atoms with van der Waals surface area (Å²) >= 11 is 1.67. The van der Waals surface area contributed by atoms with Gasteiger partial charge < -0.3 is 5.21 Å². The zero-order chi connectivity index (χ0) is 7.49. The maximum Gasteiger partial charge on any atom is 0.0694 e. The minimum Gasteiger partial charge on any atom is -0.411 e. The van der Waals surface area contributed by atoms with Crippen LogP contribution >= 0.6 is 11.8 Å². The van der Waals surface area contributed by atoms with Crippen LogP contribution in [-0.2, 0) is 0 Å². The lowest BCUT2D eigenvalue weighted by atomic mass is 10.1. The monoisotopic (exact) mass is 147 g/mol. The van der Waals surface area contributed by atoms with Gasteiger partial charge in [-0.25, -0.2) is 0 Å². The number of oxime groups is 1. The second kappa shape index (κ2) is 3.11. The van der Waals surface area contributed by atoms with Gasteiger partial charge in [-0.1, -0.05) is 5.16 Å². The first-order chi connectivity index (χ1) is 4.04. The molecule has 0 rings (SSSR count). The topological polar surface area (TPSA) is 32.6 Å². The molecule has 0 spiro atoms. The van der Waals surface area contributed by atoms with E-state index in [4.69, 9.17) is 5.21 Å². The van der Waals surface area contributed by atoms with Crippen LogP contribution < -0.4 is 0 Å². The molecule has 2 nitrogen and oxygen atoms in total. The van der Waals surface area contributed by atoms with Gasteiger partial charge in [0.1, 0.15) is 0 Å². The number of nitrogens with zero attached hydrogens (tertiary/aromatic N) is 1. The lowest BCUT2D eigenvalue weighted by Gasteiger charge is -2.19. The van der Waals surface area contributed by atoms with Crippen LogP contribution in [0.25, 0.3) is 0 Å². The smallest absolute Gasteiger partial charge is 0.0694 e. The van der Waals surface area contributed by atoms with Crippen molar-refractivity contribution in [2.45, 2.75) is 25.5 Å². The first-order valence-electron chi connectivity index (χ1n) is 2.79. The largest absolute Gasteiger partial charge is 0.411 e. The van der Waals surface area contributed by atoms with Crippen LogP contribution in [0.3, 0.4) is 0 Å². The number of thioether (sulfide) groups is 1. The van der Waals surface area contributed by atoms with E-state index < -0.39 is 0 Å². The maximum atomic E-state index is 8.38. The van der Waals surface area contributed by atoms with Crippen LogP contribution in [0, 0.1) is 0 Å². The van der Waals surface area contributed by atoms with Gasteiger partial charge in [-0.2, -0.15) is 11.8 Å². The van der Waals surface area contributed by atoms with Crippen LogP contribution in [0.1, 0.15) is 20.8 Å². The Labute approximate surface area is 60.3 Å². The molecule has 3 heteroatoms. The van der Waals surface area contributed by atoms with E-state index in [9.17, 15) is 0 Å². The molecular weight excluding hydrogens is 134 g/mol. The normalized spacial score (nSPS) is 14.0. The summed E-state index contributed by atoms with van der Waals surface area (Å²) in [5.74, 6) is 0. The second-order valence-corrected chi connectivity index (χ2v) is 3.83. The highest BCUT2D eigenvalue weighted by Gasteiger charge is 2.19. The average Bonchev–Trinajstić information content (AvgIpc) is 1.86. The summed E-state index contributed by atoms with van der Waals surface area (Å²) in [7, 11) is 0. The Balaban J connectivity index is 4.14.